The highest BCUT2D eigenvalue weighted by molar-refractivity contribution is 5.88. The Hall–Kier alpha value is -2.31. The molecule has 0 radical (unpaired) electrons. The van der Waals surface area contributed by atoms with Crippen LogP contribution in [0.15, 0.2) is 47.2 Å². The van der Waals surface area contributed by atoms with E-state index in [0.29, 0.717) is 18.8 Å². The molecule has 1 unspecified atom stereocenters. The second kappa shape index (κ2) is 9.99. The molecule has 6 nitrogen and oxygen atoms in total. The van der Waals surface area contributed by atoms with Gasteiger partial charge in [-0.3, -0.25) is 4.89 Å². The number of rotatable bonds is 8. The number of hydrogen-bond acceptors (Lipinski definition) is 6. The van der Waals surface area contributed by atoms with Gasteiger partial charge in [-0.1, -0.05) is 23.8 Å². The summed E-state index contributed by atoms with van der Waals surface area (Å²) in [5.41, 5.74) is 3.24. The Bertz CT molecular complexity index is 673. The van der Waals surface area contributed by atoms with Crippen molar-refractivity contribution in [2.45, 2.75) is 40.0 Å². The van der Waals surface area contributed by atoms with Crippen molar-refractivity contribution in [2.24, 2.45) is 0 Å². The molecule has 1 heterocycles. The maximum Gasteiger partial charge on any atom is 0.381 e. The highest BCUT2D eigenvalue weighted by atomic mass is 17.2. The fourth-order valence-corrected chi connectivity index (χ4v) is 2.53. The maximum absolute atomic E-state index is 11.9. The molecular weight excluding hydrogens is 336 g/mol. The summed E-state index contributed by atoms with van der Waals surface area (Å²) < 4.78 is 5.70. The van der Waals surface area contributed by atoms with Gasteiger partial charge in [-0.2, -0.15) is 0 Å². The number of benzene rings is 1. The average molecular weight is 362 g/mol. The summed E-state index contributed by atoms with van der Waals surface area (Å²) in [6, 6.07) is 7.83. The predicted molar refractivity (Wildman–Crippen MR) is 96.2 cm³/mol. The molecule has 0 saturated carbocycles. The summed E-state index contributed by atoms with van der Waals surface area (Å²) >= 11 is 0. The molecule has 0 spiro atoms. The third-order valence-electron chi connectivity index (χ3n) is 4.21. The number of hydrogen-bond donors (Lipinski definition) is 0. The third-order valence-corrected chi connectivity index (χ3v) is 4.21. The molecule has 0 N–H and O–H groups in total. The lowest BCUT2D eigenvalue weighted by Gasteiger charge is -2.27. The fraction of sp³-hybridized carbons (Fsp3) is 0.450. The van der Waals surface area contributed by atoms with Crippen molar-refractivity contribution in [3.05, 3.63) is 52.8 Å². The number of carbonyl (C=O) groups excluding carboxylic acids is 1. The number of para-hydroxylation sites is 1. The predicted octanol–water partition coefficient (Wildman–Crippen LogP) is 4.24. The lowest BCUT2D eigenvalue weighted by Crippen LogP contribution is -2.19. The van der Waals surface area contributed by atoms with E-state index >= 15 is 0 Å². The van der Waals surface area contributed by atoms with Crippen LogP contribution in [0.5, 0.6) is 5.75 Å². The van der Waals surface area contributed by atoms with Crippen LogP contribution in [0.25, 0.3) is 0 Å². The van der Waals surface area contributed by atoms with Crippen molar-refractivity contribution in [2.75, 3.05) is 19.8 Å². The summed E-state index contributed by atoms with van der Waals surface area (Å²) in [4.78, 5) is 32.1. The first kappa shape index (κ1) is 20.0. The van der Waals surface area contributed by atoms with Crippen LogP contribution in [-0.2, 0) is 24.3 Å². The minimum Gasteiger partial charge on any atom is -0.493 e. The fourth-order valence-electron chi connectivity index (χ4n) is 2.53. The molecule has 0 aromatic heterocycles. The van der Waals surface area contributed by atoms with Crippen LogP contribution in [0.3, 0.4) is 0 Å². The van der Waals surface area contributed by atoms with Gasteiger partial charge in [0.15, 0.2) is 0 Å². The van der Waals surface area contributed by atoms with E-state index in [2.05, 4.69) is 0 Å². The topological polar surface area (TPSA) is 63.2 Å². The Balaban J connectivity index is 2.13. The van der Waals surface area contributed by atoms with Crippen molar-refractivity contribution in [3.63, 3.8) is 0 Å². The third kappa shape index (κ3) is 5.34. The molecule has 26 heavy (non-hydrogen) atoms. The van der Waals surface area contributed by atoms with Gasteiger partial charge < -0.3 is 4.74 Å². The first-order chi connectivity index (χ1) is 12.5. The van der Waals surface area contributed by atoms with E-state index in [-0.39, 0.29) is 12.5 Å². The first-order valence-electron chi connectivity index (χ1n) is 8.71. The van der Waals surface area contributed by atoms with Crippen molar-refractivity contribution in [1.29, 1.82) is 0 Å². The molecule has 1 aliphatic heterocycles. The van der Waals surface area contributed by atoms with E-state index in [1.165, 1.54) is 6.26 Å². The van der Waals surface area contributed by atoms with Gasteiger partial charge in [-0.15, -0.1) is 0 Å². The summed E-state index contributed by atoms with van der Waals surface area (Å²) in [6.07, 6.45) is 2.19. The van der Waals surface area contributed by atoms with Gasteiger partial charge in [0.2, 0.25) is 0 Å². The van der Waals surface area contributed by atoms with Gasteiger partial charge in [-0.05, 0) is 40.2 Å². The normalized spacial score (nSPS) is 16.3. The molecule has 6 heteroatoms. The molecule has 0 fully saturated rings. The minimum absolute atomic E-state index is 0.0312. The molecule has 1 aromatic carbocycles. The van der Waals surface area contributed by atoms with E-state index in [0.717, 1.165) is 28.9 Å². The zero-order valence-electron chi connectivity index (χ0n) is 15.7. The molecule has 142 valence electrons. The zero-order valence-corrected chi connectivity index (χ0v) is 15.7. The lowest BCUT2D eigenvalue weighted by atomic mass is 9.87. The van der Waals surface area contributed by atoms with Crippen LogP contribution in [-0.4, -0.2) is 25.8 Å². The maximum atomic E-state index is 11.9. The van der Waals surface area contributed by atoms with E-state index in [4.69, 9.17) is 24.3 Å². The van der Waals surface area contributed by atoms with Gasteiger partial charge in [-0.25, -0.2) is 19.5 Å². The van der Waals surface area contributed by atoms with Crippen molar-refractivity contribution < 1.29 is 29.1 Å². The van der Waals surface area contributed by atoms with Crippen molar-refractivity contribution in [1.82, 2.24) is 0 Å². The second-order valence-electron chi connectivity index (χ2n) is 6.18. The van der Waals surface area contributed by atoms with E-state index in [1.807, 2.05) is 45.0 Å². The molecular formula is C20H26O6. The van der Waals surface area contributed by atoms with Crippen LogP contribution in [0.4, 0.5) is 0 Å². The van der Waals surface area contributed by atoms with Crippen LogP contribution >= 0.6 is 0 Å². The molecule has 1 aliphatic rings. The highest BCUT2D eigenvalue weighted by Crippen LogP contribution is 2.38. The van der Waals surface area contributed by atoms with Crippen molar-refractivity contribution >= 4 is 5.97 Å². The van der Waals surface area contributed by atoms with Crippen LogP contribution in [0.1, 0.15) is 45.6 Å². The molecule has 0 aliphatic carbocycles. The molecule has 1 aromatic rings. The molecule has 1 atom stereocenters. The number of fused-ring (bicyclic) bond motifs is 1. The first-order valence-corrected chi connectivity index (χ1v) is 8.71. The summed E-state index contributed by atoms with van der Waals surface area (Å²) in [5, 5.41) is 0. The summed E-state index contributed by atoms with van der Waals surface area (Å²) in [6.45, 7) is 8.44. The van der Waals surface area contributed by atoms with E-state index in [9.17, 15) is 4.79 Å². The molecule has 2 rings (SSSR count). The van der Waals surface area contributed by atoms with Crippen LogP contribution < -0.4 is 4.74 Å². The van der Waals surface area contributed by atoms with E-state index in [1.54, 1.807) is 6.92 Å². The van der Waals surface area contributed by atoms with Gasteiger partial charge in [0.25, 0.3) is 0 Å². The van der Waals surface area contributed by atoms with E-state index < -0.39 is 5.97 Å². The van der Waals surface area contributed by atoms with Crippen molar-refractivity contribution in [3.8, 4) is 5.75 Å². The number of allylic oxidation sites excluding steroid dienone is 1. The van der Waals surface area contributed by atoms with Crippen LogP contribution in [0, 0.1) is 0 Å². The monoisotopic (exact) mass is 362 g/mol. The van der Waals surface area contributed by atoms with Gasteiger partial charge >= 0.3 is 5.97 Å². The Morgan fingerprint density at radius 2 is 2.00 bits per heavy atom. The number of carbonyl (C=O) groups is 1. The second-order valence-corrected chi connectivity index (χ2v) is 6.18. The average Bonchev–Trinajstić information content (AvgIpc) is 2.65. The summed E-state index contributed by atoms with van der Waals surface area (Å²) in [7, 11) is 0. The van der Waals surface area contributed by atoms with Gasteiger partial charge in [0, 0.05) is 22.6 Å². The summed E-state index contributed by atoms with van der Waals surface area (Å²) in [5.74, 6) is 0.353. The Morgan fingerprint density at radius 1 is 1.23 bits per heavy atom. The Labute approximate surface area is 154 Å². The molecule has 0 saturated heterocycles. The molecule has 0 amide bonds. The molecule has 0 bridgehead atoms. The number of ether oxygens (including phenoxy) is 1. The van der Waals surface area contributed by atoms with Gasteiger partial charge in [0.05, 0.1) is 13.2 Å². The Morgan fingerprint density at radius 3 is 2.73 bits per heavy atom. The van der Waals surface area contributed by atoms with Gasteiger partial charge in [0.1, 0.15) is 18.6 Å². The quantitative estimate of drug-likeness (QED) is 0.227. The highest BCUT2D eigenvalue weighted by Gasteiger charge is 2.25. The minimum atomic E-state index is -0.515. The largest absolute Gasteiger partial charge is 0.493 e. The SMILES string of the molecule is CCOOC/C(=C/OOC(=O)C(C)=C(C)C)C1CCOc2ccccc21. The smallest absolute Gasteiger partial charge is 0.381 e. The Kier molecular flexibility index (Phi) is 7.69. The lowest BCUT2D eigenvalue weighted by molar-refractivity contribution is -0.286. The zero-order chi connectivity index (χ0) is 18.9. The standard InChI is InChI=1S/C20H26O6/c1-5-23-24-12-16(13-25-26-20(21)15(4)14(2)3)17-10-11-22-19-9-7-6-8-18(17)19/h6-9,13,17H,5,10-12H2,1-4H3/b16-13-. The van der Waals surface area contributed by atoms with Crippen LogP contribution in [0.2, 0.25) is 0 Å².